The van der Waals surface area contributed by atoms with Crippen LogP contribution in [0.15, 0.2) is 60.2 Å². The van der Waals surface area contributed by atoms with Gasteiger partial charge >= 0.3 is 26.2 Å². The Morgan fingerprint density at radius 2 is 1.50 bits per heavy atom. The van der Waals surface area contributed by atoms with Crippen molar-refractivity contribution in [2.24, 2.45) is 0 Å². The van der Waals surface area contributed by atoms with E-state index >= 15 is 0 Å². The molecule has 0 spiro atoms. The molecule has 0 atom stereocenters. The molecule has 0 radical (unpaired) electrons. The number of hydrogen-bond acceptors (Lipinski definition) is 0. The second-order valence-corrected chi connectivity index (χ2v) is 5.47. The molecule has 0 nitrogen and oxygen atoms in total. The quantitative estimate of drug-likeness (QED) is 0.486. The molecule has 0 saturated carbocycles. The molecule has 0 aromatic heterocycles. The van der Waals surface area contributed by atoms with Crippen molar-refractivity contribution in [1.29, 1.82) is 0 Å². The Hall–Kier alpha value is -0.617. The van der Waals surface area contributed by atoms with Gasteiger partial charge in [0.05, 0.1) is 0 Å². The van der Waals surface area contributed by atoms with E-state index < -0.39 is 0 Å². The predicted octanol–water partition coefficient (Wildman–Crippen LogP) is -1.00. The number of fused-ring (bicyclic) bond motifs is 3. The van der Waals surface area contributed by atoms with Gasteiger partial charge in [-0.3, -0.25) is 0 Å². The second-order valence-electron chi connectivity index (χ2n) is 5.47. The van der Waals surface area contributed by atoms with Crippen molar-refractivity contribution in [2.45, 2.75) is 19.8 Å². The molecular weight excluding hydrogens is 390 g/mol. The van der Waals surface area contributed by atoms with Crippen LogP contribution in [0.5, 0.6) is 0 Å². The van der Waals surface area contributed by atoms with Crippen molar-refractivity contribution in [3.63, 3.8) is 0 Å². The Kier molecular flexibility index (Phi) is 6.87. The minimum Gasteiger partial charge on any atom is -1.00 e. The molecule has 2 aromatic rings. The predicted molar refractivity (Wildman–Crippen MR) is 81.0 cm³/mol. The zero-order valence-corrected chi connectivity index (χ0v) is 16.3. The molecular formula is C19H16Cl2Zr. The molecule has 0 unspecified atom stereocenters. The smallest absolute Gasteiger partial charge is 1.00 e. The third-order valence-corrected chi connectivity index (χ3v) is 4.31. The molecule has 0 saturated heterocycles. The van der Waals surface area contributed by atoms with Crippen LogP contribution in [-0.4, -0.2) is 0 Å². The number of benzene rings is 2. The maximum Gasteiger partial charge on any atom is 2.00 e. The van der Waals surface area contributed by atoms with E-state index in [1.54, 1.807) is 0 Å². The van der Waals surface area contributed by atoms with Gasteiger partial charge in [0.25, 0.3) is 0 Å². The van der Waals surface area contributed by atoms with Gasteiger partial charge in [-0.05, 0) is 53.2 Å². The third kappa shape index (κ3) is 3.04. The van der Waals surface area contributed by atoms with Crippen molar-refractivity contribution in [3.05, 3.63) is 76.9 Å². The first-order valence-electron chi connectivity index (χ1n) is 6.91. The Labute approximate surface area is 163 Å². The molecule has 0 aliphatic heterocycles. The summed E-state index contributed by atoms with van der Waals surface area (Å²) in [4.78, 5) is 0. The van der Waals surface area contributed by atoms with E-state index in [1.165, 1.54) is 39.0 Å². The monoisotopic (exact) mass is 404 g/mol. The minimum absolute atomic E-state index is 0. The van der Waals surface area contributed by atoms with Crippen molar-refractivity contribution in [2.75, 3.05) is 0 Å². The van der Waals surface area contributed by atoms with Gasteiger partial charge in [-0.1, -0.05) is 60.2 Å². The van der Waals surface area contributed by atoms with Gasteiger partial charge in [-0.25, -0.2) is 0 Å². The molecule has 2 aromatic carbocycles. The van der Waals surface area contributed by atoms with Gasteiger partial charge in [-0.15, -0.1) is 0 Å². The van der Waals surface area contributed by atoms with Crippen LogP contribution in [0.2, 0.25) is 0 Å². The molecule has 0 bridgehead atoms. The first-order chi connectivity index (χ1) is 9.34. The second kappa shape index (κ2) is 7.78. The van der Waals surface area contributed by atoms with Gasteiger partial charge < -0.3 is 24.8 Å². The average molecular weight is 406 g/mol. The Balaban J connectivity index is 0.000000807. The molecule has 0 amide bonds. The summed E-state index contributed by atoms with van der Waals surface area (Å²) in [5.41, 5.74) is 10.2. The number of hydrogen-bond donors (Lipinski definition) is 0. The number of allylic oxidation sites excluding steroid dienone is 4. The first kappa shape index (κ1) is 19.4. The molecule has 0 N–H and O–H groups in total. The molecule has 0 heterocycles. The first-order valence-corrected chi connectivity index (χ1v) is 6.91. The van der Waals surface area contributed by atoms with Gasteiger partial charge in [0.15, 0.2) is 0 Å². The van der Waals surface area contributed by atoms with E-state index in [-0.39, 0.29) is 51.0 Å². The SMILES string of the molecule is CC1=C(c2cccc3c2Cc2ccccc2-3)C=CC1.[Cl-].[Cl-].[Zr+2]. The Morgan fingerprint density at radius 3 is 2.23 bits per heavy atom. The summed E-state index contributed by atoms with van der Waals surface area (Å²) in [6, 6.07) is 15.5. The molecule has 0 fully saturated rings. The van der Waals surface area contributed by atoms with Gasteiger partial charge in [0, 0.05) is 0 Å². The zero-order valence-electron chi connectivity index (χ0n) is 12.4. The van der Waals surface area contributed by atoms with E-state index in [4.69, 9.17) is 0 Å². The fourth-order valence-corrected chi connectivity index (χ4v) is 3.34. The number of rotatable bonds is 1. The summed E-state index contributed by atoms with van der Waals surface area (Å²) in [6.07, 6.45) is 6.73. The van der Waals surface area contributed by atoms with E-state index in [9.17, 15) is 0 Å². The maximum absolute atomic E-state index is 2.29. The Morgan fingerprint density at radius 1 is 0.818 bits per heavy atom. The van der Waals surface area contributed by atoms with Crippen LogP contribution >= 0.6 is 0 Å². The normalized spacial score (nSPS) is 13.7. The molecule has 2 aliphatic carbocycles. The molecule has 2 aliphatic rings. The Bertz CT molecular complexity index is 745. The van der Waals surface area contributed by atoms with E-state index in [2.05, 4.69) is 61.5 Å². The molecule has 22 heavy (non-hydrogen) atoms. The summed E-state index contributed by atoms with van der Waals surface area (Å²) >= 11 is 0. The standard InChI is InChI=1S/C19H16.2ClH.Zr/c1-13-6-4-9-15(13)17-10-5-11-18-16-8-3-2-7-14(16)12-19(17)18;;;/h2-5,7-11H,6,12H2,1H3;2*1H;/q;;;+2/p-2. The molecule has 110 valence electrons. The summed E-state index contributed by atoms with van der Waals surface area (Å²) in [5, 5.41) is 0. The van der Waals surface area contributed by atoms with E-state index in [0.29, 0.717) is 0 Å². The fraction of sp³-hybridized carbons (Fsp3) is 0.158. The zero-order chi connectivity index (χ0) is 12.8. The van der Waals surface area contributed by atoms with Gasteiger partial charge in [0.1, 0.15) is 0 Å². The van der Waals surface area contributed by atoms with Crippen molar-refractivity contribution < 1.29 is 51.0 Å². The van der Waals surface area contributed by atoms with Crippen molar-refractivity contribution >= 4 is 5.57 Å². The summed E-state index contributed by atoms with van der Waals surface area (Å²) in [5.74, 6) is 0. The van der Waals surface area contributed by atoms with Crippen LogP contribution in [0.3, 0.4) is 0 Å². The molecule has 4 rings (SSSR count). The van der Waals surface area contributed by atoms with Crippen molar-refractivity contribution in [1.82, 2.24) is 0 Å². The summed E-state index contributed by atoms with van der Waals surface area (Å²) in [6.45, 7) is 2.25. The summed E-state index contributed by atoms with van der Waals surface area (Å²) in [7, 11) is 0. The van der Waals surface area contributed by atoms with E-state index in [1.807, 2.05) is 0 Å². The third-order valence-electron chi connectivity index (χ3n) is 4.31. The maximum atomic E-state index is 2.29. The van der Waals surface area contributed by atoms with Crippen LogP contribution in [0.4, 0.5) is 0 Å². The van der Waals surface area contributed by atoms with Crippen LogP contribution < -0.4 is 24.8 Å². The summed E-state index contributed by atoms with van der Waals surface area (Å²) < 4.78 is 0. The van der Waals surface area contributed by atoms with Crippen LogP contribution in [-0.2, 0) is 32.6 Å². The topological polar surface area (TPSA) is 0 Å². The van der Waals surface area contributed by atoms with E-state index in [0.717, 1.165) is 12.8 Å². The van der Waals surface area contributed by atoms with Crippen LogP contribution in [0.25, 0.3) is 16.7 Å². The largest absolute Gasteiger partial charge is 2.00 e. The number of halogens is 2. The average Bonchev–Trinajstić information content (AvgIpc) is 3.02. The van der Waals surface area contributed by atoms with Gasteiger partial charge in [-0.2, -0.15) is 0 Å². The van der Waals surface area contributed by atoms with Crippen LogP contribution in [0.1, 0.15) is 30.0 Å². The van der Waals surface area contributed by atoms with Gasteiger partial charge in [0.2, 0.25) is 0 Å². The fourth-order valence-electron chi connectivity index (χ4n) is 3.34. The molecule has 3 heteroatoms. The minimum atomic E-state index is 0. The van der Waals surface area contributed by atoms with Crippen LogP contribution in [0, 0.1) is 0 Å². The van der Waals surface area contributed by atoms with Crippen molar-refractivity contribution in [3.8, 4) is 11.1 Å².